The second kappa shape index (κ2) is 6.37. The van der Waals surface area contributed by atoms with Crippen molar-refractivity contribution in [3.05, 3.63) is 59.9 Å². The summed E-state index contributed by atoms with van der Waals surface area (Å²) in [6, 6.07) is 12.4. The van der Waals surface area contributed by atoms with Crippen molar-refractivity contribution in [1.29, 1.82) is 0 Å². The number of benzene rings is 1. The summed E-state index contributed by atoms with van der Waals surface area (Å²) in [6.07, 6.45) is 1.50. The SMILES string of the molecule is COc1ccnc(C(=O)NCC(C)(O)c2ccccc2)c1. The van der Waals surface area contributed by atoms with Crippen molar-refractivity contribution in [1.82, 2.24) is 10.3 Å². The van der Waals surface area contributed by atoms with E-state index in [-0.39, 0.29) is 18.1 Å². The molecular formula is C16H18N2O3. The van der Waals surface area contributed by atoms with Crippen LogP contribution in [0.4, 0.5) is 0 Å². The van der Waals surface area contributed by atoms with Gasteiger partial charge < -0.3 is 15.2 Å². The summed E-state index contributed by atoms with van der Waals surface area (Å²) in [7, 11) is 1.53. The van der Waals surface area contributed by atoms with Gasteiger partial charge in [-0.2, -0.15) is 0 Å². The molecule has 0 saturated carbocycles. The molecule has 0 bridgehead atoms. The lowest BCUT2D eigenvalue weighted by Gasteiger charge is -2.24. The fraction of sp³-hybridized carbons (Fsp3) is 0.250. The summed E-state index contributed by atoms with van der Waals surface area (Å²) in [5, 5.41) is 13.1. The molecule has 1 amide bonds. The summed E-state index contributed by atoms with van der Waals surface area (Å²) in [5.41, 5.74) is -0.155. The molecule has 110 valence electrons. The van der Waals surface area contributed by atoms with Crippen LogP contribution in [0.3, 0.4) is 0 Å². The molecule has 2 N–H and O–H groups in total. The highest BCUT2D eigenvalue weighted by atomic mass is 16.5. The van der Waals surface area contributed by atoms with Crippen molar-refractivity contribution in [2.45, 2.75) is 12.5 Å². The molecule has 0 aliphatic rings. The Morgan fingerprint density at radius 3 is 2.71 bits per heavy atom. The summed E-state index contributed by atoms with van der Waals surface area (Å²) >= 11 is 0. The number of carbonyl (C=O) groups excluding carboxylic acids is 1. The van der Waals surface area contributed by atoms with Gasteiger partial charge in [-0.1, -0.05) is 30.3 Å². The van der Waals surface area contributed by atoms with Gasteiger partial charge in [-0.25, -0.2) is 0 Å². The summed E-state index contributed by atoms with van der Waals surface area (Å²) in [5.74, 6) is 0.204. The van der Waals surface area contributed by atoms with Gasteiger partial charge in [0.25, 0.3) is 5.91 Å². The van der Waals surface area contributed by atoms with E-state index in [0.29, 0.717) is 5.75 Å². The van der Waals surface area contributed by atoms with Crippen LogP contribution in [0.2, 0.25) is 0 Å². The number of carbonyl (C=O) groups is 1. The first-order chi connectivity index (χ1) is 10.0. The van der Waals surface area contributed by atoms with Crippen LogP contribution in [0.25, 0.3) is 0 Å². The van der Waals surface area contributed by atoms with Crippen LogP contribution in [0.15, 0.2) is 48.7 Å². The van der Waals surface area contributed by atoms with E-state index in [0.717, 1.165) is 5.56 Å². The first-order valence-electron chi connectivity index (χ1n) is 6.59. The first-order valence-corrected chi connectivity index (χ1v) is 6.59. The highest BCUT2D eigenvalue weighted by molar-refractivity contribution is 5.92. The molecule has 1 unspecified atom stereocenters. The van der Waals surface area contributed by atoms with Gasteiger partial charge in [0.15, 0.2) is 0 Å². The quantitative estimate of drug-likeness (QED) is 0.878. The van der Waals surface area contributed by atoms with E-state index in [1.54, 1.807) is 19.1 Å². The van der Waals surface area contributed by atoms with Gasteiger partial charge >= 0.3 is 0 Å². The minimum atomic E-state index is -1.14. The lowest BCUT2D eigenvalue weighted by Crippen LogP contribution is -2.38. The Balaban J connectivity index is 2.03. The number of rotatable bonds is 5. The monoisotopic (exact) mass is 286 g/mol. The molecule has 0 aliphatic carbocycles. The van der Waals surface area contributed by atoms with Gasteiger partial charge in [-0.15, -0.1) is 0 Å². The molecular weight excluding hydrogens is 268 g/mol. The van der Waals surface area contributed by atoms with E-state index in [4.69, 9.17) is 4.74 Å². The highest BCUT2D eigenvalue weighted by Gasteiger charge is 2.24. The Bertz CT molecular complexity index is 612. The van der Waals surface area contributed by atoms with E-state index < -0.39 is 5.60 Å². The fourth-order valence-corrected chi connectivity index (χ4v) is 1.90. The van der Waals surface area contributed by atoms with Crippen LogP contribution in [0, 0.1) is 0 Å². The van der Waals surface area contributed by atoms with Crippen LogP contribution in [-0.4, -0.2) is 29.7 Å². The van der Waals surface area contributed by atoms with E-state index in [2.05, 4.69) is 10.3 Å². The zero-order chi connectivity index (χ0) is 15.3. The predicted molar refractivity (Wildman–Crippen MR) is 79.1 cm³/mol. The molecule has 0 aliphatic heterocycles. The normalized spacial score (nSPS) is 13.3. The number of aromatic nitrogens is 1. The predicted octanol–water partition coefficient (Wildman–Crippen LogP) is 1.73. The van der Waals surface area contributed by atoms with Crippen molar-refractivity contribution < 1.29 is 14.6 Å². The molecule has 0 radical (unpaired) electrons. The Kier molecular flexibility index (Phi) is 4.55. The van der Waals surface area contributed by atoms with Gasteiger partial charge in [0, 0.05) is 12.3 Å². The summed E-state index contributed by atoms with van der Waals surface area (Å²) in [6.45, 7) is 1.75. The summed E-state index contributed by atoms with van der Waals surface area (Å²) < 4.78 is 5.05. The molecule has 5 nitrogen and oxygen atoms in total. The topological polar surface area (TPSA) is 71.5 Å². The maximum atomic E-state index is 12.1. The number of methoxy groups -OCH3 is 1. The van der Waals surface area contributed by atoms with Crippen LogP contribution < -0.4 is 10.1 Å². The van der Waals surface area contributed by atoms with Crippen LogP contribution >= 0.6 is 0 Å². The Hall–Kier alpha value is -2.40. The van der Waals surface area contributed by atoms with E-state index in [1.807, 2.05) is 30.3 Å². The van der Waals surface area contributed by atoms with Crippen molar-refractivity contribution in [3.8, 4) is 5.75 Å². The van der Waals surface area contributed by atoms with Crippen LogP contribution in [-0.2, 0) is 5.60 Å². The van der Waals surface area contributed by atoms with Crippen molar-refractivity contribution >= 4 is 5.91 Å². The van der Waals surface area contributed by atoms with Gasteiger partial charge in [-0.05, 0) is 18.6 Å². The third kappa shape index (κ3) is 3.79. The molecule has 0 spiro atoms. The fourth-order valence-electron chi connectivity index (χ4n) is 1.90. The van der Waals surface area contributed by atoms with E-state index in [1.165, 1.54) is 13.3 Å². The molecule has 1 atom stereocenters. The number of pyridine rings is 1. The standard InChI is InChI=1S/C16H18N2O3/c1-16(20,12-6-4-3-5-7-12)11-18-15(19)14-10-13(21-2)8-9-17-14/h3-10,20H,11H2,1-2H3,(H,18,19). The smallest absolute Gasteiger partial charge is 0.270 e. The van der Waals surface area contributed by atoms with Gasteiger partial charge in [0.2, 0.25) is 0 Å². The van der Waals surface area contributed by atoms with Crippen molar-refractivity contribution in [2.75, 3.05) is 13.7 Å². The first kappa shape index (κ1) is 15.0. The minimum Gasteiger partial charge on any atom is -0.497 e. The lowest BCUT2D eigenvalue weighted by molar-refractivity contribution is 0.0525. The Labute approximate surface area is 123 Å². The lowest BCUT2D eigenvalue weighted by atomic mass is 9.96. The zero-order valence-corrected chi connectivity index (χ0v) is 12.0. The molecule has 1 aromatic carbocycles. The Morgan fingerprint density at radius 2 is 2.05 bits per heavy atom. The number of amides is 1. The molecule has 0 saturated heterocycles. The number of nitrogens with zero attached hydrogens (tertiary/aromatic N) is 1. The third-order valence-electron chi connectivity index (χ3n) is 3.19. The maximum Gasteiger partial charge on any atom is 0.270 e. The van der Waals surface area contributed by atoms with E-state index >= 15 is 0 Å². The number of ether oxygens (including phenoxy) is 1. The van der Waals surface area contributed by atoms with Crippen LogP contribution in [0.5, 0.6) is 5.75 Å². The molecule has 2 rings (SSSR count). The number of hydrogen-bond donors (Lipinski definition) is 2. The average molecular weight is 286 g/mol. The highest BCUT2D eigenvalue weighted by Crippen LogP contribution is 2.19. The van der Waals surface area contributed by atoms with Gasteiger partial charge in [0.1, 0.15) is 17.0 Å². The molecule has 5 heteroatoms. The minimum absolute atomic E-state index is 0.0920. The summed E-state index contributed by atoms with van der Waals surface area (Å²) in [4.78, 5) is 16.0. The molecule has 2 aromatic rings. The van der Waals surface area contributed by atoms with Crippen molar-refractivity contribution in [2.24, 2.45) is 0 Å². The van der Waals surface area contributed by atoms with Crippen LogP contribution in [0.1, 0.15) is 23.0 Å². The number of hydrogen-bond acceptors (Lipinski definition) is 4. The van der Waals surface area contributed by atoms with Gasteiger partial charge in [0.05, 0.1) is 13.7 Å². The zero-order valence-electron chi connectivity index (χ0n) is 12.0. The molecule has 21 heavy (non-hydrogen) atoms. The third-order valence-corrected chi connectivity index (χ3v) is 3.19. The molecule has 1 heterocycles. The number of nitrogens with one attached hydrogen (secondary N) is 1. The number of aliphatic hydroxyl groups is 1. The van der Waals surface area contributed by atoms with Crippen molar-refractivity contribution in [3.63, 3.8) is 0 Å². The maximum absolute atomic E-state index is 12.1. The second-order valence-corrected chi connectivity index (χ2v) is 4.90. The second-order valence-electron chi connectivity index (χ2n) is 4.90. The average Bonchev–Trinajstić information content (AvgIpc) is 2.53. The van der Waals surface area contributed by atoms with E-state index in [9.17, 15) is 9.90 Å². The molecule has 1 aromatic heterocycles. The molecule has 0 fully saturated rings. The largest absolute Gasteiger partial charge is 0.497 e. The Morgan fingerprint density at radius 1 is 1.33 bits per heavy atom. The van der Waals surface area contributed by atoms with Gasteiger partial charge in [-0.3, -0.25) is 9.78 Å².